The molecule has 3 rings (SSSR count). The van der Waals surface area contributed by atoms with E-state index in [1.165, 1.54) is 17.7 Å². The smallest absolute Gasteiger partial charge is 0.185 e. The molecule has 3 heterocycles. The maximum atomic E-state index is 5.82. The number of nitrogens with zero attached hydrogens (tertiary/aromatic N) is 2. The molecular formula is C11H17N3OS. The summed E-state index contributed by atoms with van der Waals surface area (Å²) in [7, 11) is 0. The zero-order valence-corrected chi connectivity index (χ0v) is 10.3. The largest absolute Gasteiger partial charge is 0.371 e. The van der Waals surface area contributed by atoms with Crippen molar-refractivity contribution in [1.82, 2.24) is 4.98 Å². The summed E-state index contributed by atoms with van der Waals surface area (Å²) >= 11 is 1.73. The standard InChI is InChI=1S/C11H17N3OS/c1-7-10(4-12)16-11(13-7)14-5-8-2-3-9(6-14)15-8/h8-9H,2-6,12H2,1H3. The van der Waals surface area contributed by atoms with Crippen LogP contribution < -0.4 is 10.6 Å². The first-order chi connectivity index (χ1) is 7.76. The van der Waals surface area contributed by atoms with Gasteiger partial charge in [0.25, 0.3) is 0 Å². The number of anilines is 1. The van der Waals surface area contributed by atoms with E-state index in [1.54, 1.807) is 11.3 Å². The van der Waals surface area contributed by atoms with Crippen LogP contribution in [0.3, 0.4) is 0 Å². The molecule has 1 aromatic heterocycles. The summed E-state index contributed by atoms with van der Waals surface area (Å²) in [5, 5.41) is 1.12. The highest BCUT2D eigenvalue weighted by atomic mass is 32.1. The van der Waals surface area contributed by atoms with Gasteiger partial charge in [-0.2, -0.15) is 0 Å². The van der Waals surface area contributed by atoms with E-state index in [0.29, 0.717) is 18.8 Å². The van der Waals surface area contributed by atoms with Gasteiger partial charge in [-0.1, -0.05) is 0 Å². The highest BCUT2D eigenvalue weighted by Gasteiger charge is 2.34. The van der Waals surface area contributed by atoms with Crippen LogP contribution in [0.4, 0.5) is 5.13 Å². The molecule has 1 aromatic rings. The maximum absolute atomic E-state index is 5.82. The van der Waals surface area contributed by atoms with Crippen molar-refractivity contribution in [3.05, 3.63) is 10.6 Å². The van der Waals surface area contributed by atoms with Gasteiger partial charge >= 0.3 is 0 Å². The Kier molecular flexibility index (Phi) is 2.61. The fourth-order valence-electron chi connectivity index (χ4n) is 2.51. The zero-order valence-electron chi connectivity index (χ0n) is 9.48. The number of morpholine rings is 1. The molecular weight excluding hydrogens is 222 g/mol. The average molecular weight is 239 g/mol. The Balaban J connectivity index is 1.81. The van der Waals surface area contributed by atoms with Gasteiger partial charge in [0.2, 0.25) is 0 Å². The molecule has 16 heavy (non-hydrogen) atoms. The summed E-state index contributed by atoms with van der Waals surface area (Å²) in [5.74, 6) is 0. The molecule has 0 spiro atoms. The van der Waals surface area contributed by atoms with Gasteiger partial charge in [0.05, 0.1) is 17.9 Å². The van der Waals surface area contributed by atoms with Crippen LogP contribution in [0, 0.1) is 6.92 Å². The minimum atomic E-state index is 0.421. The van der Waals surface area contributed by atoms with Crippen LogP contribution >= 0.6 is 11.3 Å². The third-order valence-corrected chi connectivity index (χ3v) is 4.62. The molecule has 2 N–H and O–H groups in total. The van der Waals surface area contributed by atoms with Gasteiger partial charge in [-0.15, -0.1) is 11.3 Å². The molecule has 88 valence electrons. The summed E-state index contributed by atoms with van der Waals surface area (Å²) < 4.78 is 5.82. The second-order valence-corrected chi connectivity index (χ2v) is 5.63. The number of nitrogens with two attached hydrogens (primary N) is 1. The van der Waals surface area contributed by atoms with Crippen LogP contribution in [0.2, 0.25) is 0 Å². The molecule has 5 heteroatoms. The lowest BCUT2D eigenvalue weighted by atomic mass is 10.2. The second-order valence-electron chi connectivity index (χ2n) is 4.57. The van der Waals surface area contributed by atoms with Crippen molar-refractivity contribution in [3.8, 4) is 0 Å². The van der Waals surface area contributed by atoms with E-state index >= 15 is 0 Å². The van der Waals surface area contributed by atoms with Gasteiger partial charge in [0.1, 0.15) is 0 Å². The van der Waals surface area contributed by atoms with Gasteiger partial charge in [-0.05, 0) is 19.8 Å². The molecule has 4 nitrogen and oxygen atoms in total. The lowest BCUT2D eigenvalue weighted by Crippen LogP contribution is -2.42. The van der Waals surface area contributed by atoms with Crippen molar-refractivity contribution < 1.29 is 4.74 Å². The summed E-state index contributed by atoms with van der Waals surface area (Å²) in [6.45, 7) is 4.62. The van der Waals surface area contributed by atoms with Crippen LogP contribution in [0.15, 0.2) is 0 Å². The Morgan fingerprint density at radius 3 is 2.69 bits per heavy atom. The predicted octanol–water partition coefficient (Wildman–Crippen LogP) is 1.28. The molecule has 0 saturated carbocycles. The minimum Gasteiger partial charge on any atom is -0.371 e. The van der Waals surface area contributed by atoms with Crippen molar-refractivity contribution in [2.75, 3.05) is 18.0 Å². The molecule has 0 amide bonds. The van der Waals surface area contributed by atoms with Crippen molar-refractivity contribution in [2.24, 2.45) is 5.73 Å². The first-order valence-corrected chi connectivity index (χ1v) is 6.64. The normalized spacial score (nSPS) is 28.8. The van der Waals surface area contributed by atoms with E-state index in [0.717, 1.165) is 23.9 Å². The number of hydrogen-bond donors (Lipinski definition) is 1. The lowest BCUT2D eigenvalue weighted by Gasteiger charge is -2.31. The predicted molar refractivity (Wildman–Crippen MR) is 64.9 cm³/mol. The topological polar surface area (TPSA) is 51.4 Å². The van der Waals surface area contributed by atoms with E-state index < -0.39 is 0 Å². The van der Waals surface area contributed by atoms with Gasteiger partial charge in [-0.3, -0.25) is 0 Å². The van der Waals surface area contributed by atoms with Crippen molar-refractivity contribution in [3.63, 3.8) is 0 Å². The molecule has 0 aliphatic carbocycles. The second kappa shape index (κ2) is 3.98. The van der Waals surface area contributed by atoms with Gasteiger partial charge < -0.3 is 15.4 Å². The SMILES string of the molecule is Cc1nc(N2CC3CCC(C2)O3)sc1CN. The monoisotopic (exact) mass is 239 g/mol. The molecule has 0 aromatic carbocycles. The fraction of sp³-hybridized carbons (Fsp3) is 0.727. The number of fused-ring (bicyclic) bond motifs is 2. The number of ether oxygens (including phenoxy) is 1. The van der Waals surface area contributed by atoms with Crippen molar-refractivity contribution in [1.29, 1.82) is 0 Å². The van der Waals surface area contributed by atoms with Gasteiger partial charge in [-0.25, -0.2) is 4.98 Å². The number of thiazole rings is 1. The maximum Gasteiger partial charge on any atom is 0.185 e. The Hall–Kier alpha value is -0.650. The van der Waals surface area contributed by atoms with Crippen LogP contribution in [-0.2, 0) is 11.3 Å². The summed E-state index contributed by atoms with van der Waals surface area (Å²) in [6.07, 6.45) is 3.25. The highest BCUT2D eigenvalue weighted by molar-refractivity contribution is 7.15. The van der Waals surface area contributed by atoms with E-state index in [9.17, 15) is 0 Å². The molecule has 2 aliphatic heterocycles. The Bertz CT molecular complexity index is 381. The zero-order chi connectivity index (χ0) is 11.1. The number of hydrogen-bond acceptors (Lipinski definition) is 5. The molecule has 2 fully saturated rings. The summed E-state index contributed by atoms with van der Waals surface area (Å²) in [4.78, 5) is 8.18. The molecule has 0 radical (unpaired) electrons. The number of aromatic nitrogens is 1. The Morgan fingerprint density at radius 1 is 1.44 bits per heavy atom. The third-order valence-electron chi connectivity index (χ3n) is 3.38. The number of aryl methyl sites for hydroxylation is 1. The minimum absolute atomic E-state index is 0.421. The Morgan fingerprint density at radius 2 is 2.12 bits per heavy atom. The Labute approximate surface area is 99.4 Å². The van der Waals surface area contributed by atoms with E-state index in [2.05, 4.69) is 9.88 Å². The molecule has 2 bridgehead atoms. The quantitative estimate of drug-likeness (QED) is 0.844. The van der Waals surface area contributed by atoms with Crippen LogP contribution in [-0.4, -0.2) is 30.3 Å². The van der Waals surface area contributed by atoms with E-state index in [1.807, 2.05) is 6.92 Å². The first-order valence-electron chi connectivity index (χ1n) is 5.83. The molecule has 2 saturated heterocycles. The summed E-state index contributed by atoms with van der Waals surface area (Å²) in [5.41, 5.74) is 6.77. The third kappa shape index (κ3) is 1.73. The van der Waals surface area contributed by atoms with Crippen molar-refractivity contribution >= 4 is 16.5 Å². The van der Waals surface area contributed by atoms with E-state index in [4.69, 9.17) is 10.5 Å². The van der Waals surface area contributed by atoms with E-state index in [-0.39, 0.29) is 0 Å². The van der Waals surface area contributed by atoms with Crippen molar-refractivity contribution in [2.45, 2.75) is 38.5 Å². The van der Waals surface area contributed by atoms with Gasteiger partial charge in [0, 0.05) is 24.5 Å². The first kappa shape index (κ1) is 10.5. The molecule has 2 atom stereocenters. The molecule has 2 aliphatic rings. The van der Waals surface area contributed by atoms with Crippen LogP contribution in [0.25, 0.3) is 0 Å². The van der Waals surface area contributed by atoms with Gasteiger partial charge in [0.15, 0.2) is 5.13 Å². The highest BCUT2D eigenvalue weighted by Crippen LogP contribution is 2.32. The average Bonchev–Trinajstić information content (AvgIpc) is 2.82. The fourth-order valence-corrected chi connectivity index (χ4v) is 3.47. The lowest BCUT2D eigenvalue weighted by molar-refractivity contribution is 0.0305. The van der Waals surface area contributed by atoms with Crippen LogP contribution in [0.1, 0.15) is 23.4 Å². The molecule has 2 unspecified atom stereocenters. The van der Waals surface area contributed by atoms with Crippen LogP contribution in [0.5, 0.6) is 0 Å². The summed E-state index contributed by atoms with van der Waals surface area (Å²) in [6, 6.07) is 0. The number of rotatable bonds is 2.